The highest BCUT2D eigenvalue weighted by Gasteiger charge is 2.28. The number of carbonyl (C=O) groups excluding carboxylic acids is 2. The van der Waals surface area contributed by atoms with Crippen molar-refractivity contribution in [1.29, 1.82) is 0 Å². The van der Waals surface area contributed by atoms with Crippen LogP contribution >= 0.6 is 0 Å². The molecule has 2 aliphatic rings. The number of carbonyl (C=O) groups is 2. The van der Waals surface area contributed by atoms with Gasteiger partial charge in [0.15, 0.2) is 5.65 Å². The SMILES string of the molecule is CN(C)c1nc(N2CCC(F)C2)n2ncc(/C=C3\CC(=O)NC3=O)c2n1. The molecule has 4 rings (SSSR count). The second-order valence-electron chi connectivity index (χ2n) is 6.61. The first-order valence-electron chi connectivity index (χ1n) is 8.29. The van der Waals surface area contributed by atoms with Crippen molar-refractivity contribution >= 4 is 35.4 Å². The molecule has 9 nitrogen and oxygen atoms in total. The number of anilines is 2. The fourth-order valence-corrected chi connectivity index (χ4v) is 3.08. The van der Waals surface area contributed by atoms with Crippen molar-refractivity contribution < 1.29 is 14.0 Å². The fraction of sp³-hybridized carbons (Fsp3) is 0.438. The first kappa shape index (κ1) is 16.4. The molecule has 26 heavy (non-hydrogen) atoms. The number of alkyl halides is 1. The van der Waals surface area contributed by atoms with E-state index in [1.54, 1.807) is 21.7 Å². The van der Waals surface area contributed by atoms with Crippen LogP contribution in [0.5, 0.6) is 0 Å². The molecule has 10 heteroatoms. The molecule has 1 unspecified atom stereocenters. The van der Waals surface area contributed by atoms with E-state index in [-0.39, 0.29) is 18.9 Å². The molecule has 2 aliphatic heterocycles. The molecule has 136 valence electrons. The molecule has 2 aromatic rings. The topological polar surface area (TPSA) is 95.7 Å². The zero-order valence-corrected chi connectivity index (χ0v) is 14.4. The summed E-state index contributed by atoms with van der Waals surface area (Å²) < 4.78 is 15.2. The summed E-state index contributed by atoms with van der Waals surface area (Å²) in [6.07, 6.45) is 2.76. The van der Waals surface area contributed by atoms with Crippen molar-refractivity contribution in [2.24, 2.45) is 0 Å². The van der Waals surface area contributed by atoms with Gasteiger partial charge in [0.2, 0.25) is 17.8 Å². The highest BCUT2D eigenvalue weighted by molar-refractivity contribution is 6.15. The standard InChI is InChI=1S/C16H18FN7O2/c1-22(2)15-20-13-10(5-9-6-12(25)19-14(9)26)7-18-24(13)16(21-15)23-4-3-11(17)8-23/h5,7,11H,3-4,6,8H2,1-2H3,(H,19,25,26)/b9-5+. The zero-order valence-electron chi connectivity index (χ0n) is 14.4. The number of amides is 2. The van der Waals surface area contributed by atoms with Crippen LogP contribution in [0.15, 0.2) is 11.8 Å². The van der Waals surface area contributed by atoms with Gasteiger partial charge >= 0.3 is 0 Å². The summed E-state index contributed by atoms with van der Waals surface area (Å²) in [6, 6.07) is 0. The quantitative estimate of drug-likeness (QED) is 0.616. The van der Waals surface area contributed by atoms with Crippen molar-refractivity contribution in [2.75, 3.05) is 37.0 Å². The minimum Gasteiger partial charge on any atom is -0.347 e. The van der Waals surface area contributed by atoms with Gasteiger partial charge < -0.3 is 9.80 Å². The molecule has 0 aromatic carbocycles. The van der Waals surface area contributed by atoms with Crippen molar-refractivity contribution in [3.8, 4) is 0 Å². The first-order chi connectivity index (χ1) is 12.4. The van der Waals surface area contributed by atoms with Crippen LogP contribution in [0.2, 0.25) is 0 Å². The normalized spacial score (nSPS) is 21.9. The number of nitrogens with zero attached hydrogens (tertiary/aromatic N) is 6. The highest BCUT2D eigenvalue weighted by Crippen LogP contribution is 2.25. The van der Waals surface area contributed by atoms with Crippen molar-refractivity contribution in [3.63, 3.8) is 0 Å². The Morgan fingerprint density at radius 3 is 2.77 bits per heavy atom. The predicted molar refractivity (Wildman–Crippen MR) is 92.6 cm³/mol. The van der Waals surface area contributed by atoms with Gasteiger partial charge in [0.1, 0.15) is 6.17 Å². The minimum absolute atomic E-state index is 0.0321. The third-order valence-electron chi connectivity index (χ3n) is 4.41. The lowest BCUT2D eigenvalue weighted by Crippen LogP contribution is -2.26. The third-order valence-corrected chi connectivity index (χ3v) is 4.41. The summed E-state index contributed by atoms with van der Waals surface area (Å²) in [5, 5.41) is 6.58. The van der Waals surface area contributed by atoms with Gasteiger partial charge in [0.25, 0.3) is 5.91 Å². The van der Waals surface area contributed by atoms with E-state index < -0.39 is 12.1 Å². The van der Waals surface area contributed by atoms with Crippen LogP contribution in [-0.4, -0.2) is 64.8 Å². The Balaban J connectivity index is 1.84. The number of fused-ring (bicyclic) bond motifs is 1. The van der Waals surface area contributed by atoms with Gasteiger partial charge in [0.05, 0.1) is 19.2 Å². The summed E-state index contributed by atoms with van der Waals surface area (Å²) in [5.74, 6) is 0.238. The summed E-state index contributed by atoms with van der Waals surface area (Å²) in [7, 11) is 3.63. The van der Waals surface area contributed by atoms with E-state index >= 15 is 0 Å². The molecule has 0 spiro atoms. The number of nitrogens with one attached hydrogen (secondary N) is 1. The van der Waals surface area contributed by atoms with E-state index in [2.05, 4.69) is 20.4 Å². The number of hydrogen-bond acceptors (Lipinski definition) is 7. The van der Waals surface area contributed by atoms with Crippen LogP contribution in [0.25, 0.3) is 11.7 Å². The lowest BCUT2D eigenvalue weighted by molar-refractivity contribution is -0.124. The average molecular weight is 359 g/mol. The van der Waals surface area contributed by atoms with Gasteiger partial charge in [-0.2, -0.15) is 19.6 Å². The molecule has 1 N–H and O–H groups in total. The molecule has 2 aromatic heterocycles. The molecular formula is C16H18FN7O2. The summed E-state index contributed by atoms with van der Waals surface area (Å²) in [6.45, 7) is 0.805. The van der Waals surface area contributed by atoms with Crippen LogP contribution in [-0.2, 0) is 9.59 Å². The lowest BCUT2D eigenvalue weighted by Gasteiger charge is -2.19. The molecule has 0 saturated carbocycles. The lowest BCUT2D eigenvalue weighted by atomic mass is 10.1. The maximum absolute atomic E-state index is 13.7. The first-order valence-corrected chi connectivity index (χ1v) is 8.29. The smallest absolute Gasteiger partial charge is 0.254 e. The number of aromatic nitrogens is 4. The molecule has 0 bridgehead atoms. The van der Waals surface area contributed by atoms with Crippen LogP contribution in [0, 0.1) is 0 Å². The van der Waals surface area contributed by atoms with Gasteiger partial charge in [0, 0.05) is 31.8 Å². The van der Waals surface area contributed by atoms with Gasteiger partial charge in [-0.25, -0.2) is 4.39 Å². The molecule has 2 saturated heterocycles. The summed E-state index contributed by atoms with van der Waals surface area (Å²) >= 11 is 0. The molecule has 2 fully saturated rings. The monoisotopic (exact) mass is 359 g/mol. The van der Waals surface area contributed by atoms with Gasteiger partial charge in [-0.3, -0.25) is 14.9 Å². The van der Waals surface area contributed by atoms with Crippen LogP contribution < -0.4 is 15.1 Å². The Morgan fingerprint density at radius 1 is 1.35 bits per heavy atom. The maximum Gasteiger partial charge on any atom is 0.254 e. The van der Waals surface area contributed by atoms with Crippen LogP contribution in [0.3, 0.4) is 0 Å². The molecule has 0 radical (unpaired) electrons. The van der Waals surface area contributed by atoms with Crippen molar-refractivity contribution in [3.05, 3.63) is 17.3 Å². The van der Waals surface area contributed by atoms with E-state index in [4.69, 9.17) is 0 Å². The molecule has 0 aliphatic carbocycles. The molecule has 4 heterocycles. The molecule has 2 amide bonds. The predicted octanol–water partition coefficient (Wildman–Crippen LogP) is 0.168. The summed E-state index contributed by atoms with van der Waals surface area (Å²) in [4.78, 5) is 35.8. The van der Waals surface area contributed by atoms with Crippen LogP contribution in [0.1, 0.15) is 18.4 Å². The van der Waals surface area contributed by atoms with E-state index in [1.807, 2.05) is 19.0 Å². The van der Waals surface area contributed by atoms with E-state index in [0.29, 0.717) is 41.6 Å². The average Bonchev–Trinajstić information content (AvgIpc) is 3.27. The number of halogens is 1. The van der Waals surface area contributed by atoms with Gasteiger partial charge in [-0.05, 0) is 12.5 Å². The van der Waals surface area contributed by atoms with E-state index in [9.17, 15) is 14.0 Å². The van der Waals surface area contributed by atoms with Crippen molar-refractivity contribution in [2.45, 2.75) is 19.0 Å². The van der Waals surface area contributed by atoms with E-state index in [0.717, 1.165) is 0 Å². The maximum atomic E-state index is 13.7. The Bertz CT molecular complexity index is 936. The minimum atomic E-state index is -0.895. The van der Waals surface area contributed by atoms with Gasteiger partial charge in [-0.15, -0.1) is 0 Å². The second-order valence-corrected chi connectivity index (χ2v) is 6.61. The Labute approximate surface area is 148 Å². The number of hydrogen-bond donors (Lipinski definition) is 1. The number of rotatable bonds is 3. The second kappa shape index (κ2) is 6.04. The van der Waals surface area contributed by atoms with Gasteiger partial charge in [-0.1, -0.05) is 0 Å². The third kappa shape index (κ3) is 2.76. The summed E-state index contributed by atoms with van der Waals surface area (Å²) in [5.41, 5.74) is 1.47. The molecule has 1 atom stereocenters. The Kier molecular flexibility index (Phi) is 3.82. The largest absolute Gasteiger partial charge is 0.347 e. The Morgan fingerprint density at radius 2 is 2.15 bits per heavy atom. The Hall–Kier alpha value is -3.04. The van der Waals surface area contributed by atoms with E-state index in [1.165, 1.54) is 0 Å². The van der Waals surface area contributed by atoms with Crippen molar-refractivity contribution in [1.82, 2.24) is 24.9 Å². The highest BCUT2D eigenvalue weighted by atomic mass is 19.1. The number of imide groups is 1. The fourth-order valence-electron chi connectivity index (χ4n) is 3.08. The zero-order chi connectivity index (χ0) is 18.4. The molecular weight excluding hydrogens is 341 g/mol. The van der Waals surface area contributed by atoms with Crippen LogP contribution in [0.4, 0.5) is 16.3 Å².